The number of rotatable bonds is 3. The van der Waals surface area contributed by atoms with Crippen LogP contribution < -0.4 is 5.73 Å². The van der Waals surface area contributed by atoms with Crippen LogP contribution in [0.5, 0.6) is 0 Å². The molecule has 0 radical (unpaired) electrons. The number of aliphatic hydroxyl groups excluding tert-OH is 2. The maximum absolute atomic E-state index is 13.1. The fraction of sp³-hybridized carbons (Fsp3) is 0.368. The molecular weight excluding hydrogens is 441 g/mol. The summed E-state index contributed by atoms with van der Waals surface area (Å²) in [7, 11) is 0. The monoisotopic (exact) mass is 458 g/mol. The first-order valence-corrected chi connectivity index (χ1v) is 9.47. The standard InChI is InChI=1S/C19H18ClF3N4O4/c1-18(30)13(29)17(27-3-2-11-15(24)25-7-26-16(11)27)31-14(18)12(28)8-4-9(19(21,22)23)6-10(20)5-8/h2-7,12-14,17,28-30H,1H3,(H2,24,25,26)/t12-,13-,14+,17+,18-/m0/s1. The van der Waals surface area contributed by atoms with Gasteiger partial charge in [-0.2, -0.15) is 13.2 Å². The molecular formula is C19H18ClF3N4O4. The molecule has 1 aromatic carbocycles. The van der Waals surface area contributed by atoms with Crippen LogP contribution in [0.1, 0.15) is 30.4 Å². The lowest BCUT2D eigenvalue weighted by Crippen LogP contribution is -2.47. The Balaban J connectivity index is 1.71. The number of ether oxygens (including phenoxy) is 1. The maximum Gasteiger partial charge on any atom is 0.416 e. The van der Waals surface area contributed by atoms with Gasteiger partial charge in [-0.05, 0) is 36.8 Å². The van der Waals surface area contributed by atoms with Gasteiger partial charge in [0, 0.05) is 11.2 Å². The van der Waals surface area contributed by atoms with Crippen molar-refractivity contribution in [3.8, 4) is 0 Å². The van der Waals surface area contributed by atoms with Crippen molar-refractivity contribution in [2.75, 3.05) is 5.73 Å². The molecule has 0 amide bonds. The number of aromatic nitrogens is 3. The van der Waals surface area contributed by atoms with Crippen molar-refractivity contribution < 1.29 is 33.2 Å². The molecule has 4 rings (SSSR count). The molecule has 0 unspecified atom stereocenters. The number of nitrogen functional groups attached to an aromatic ring is 1. The Labute approximate surface area is 178 Å². The van der Waals surface area contributed by atoms with Crippen molar-refractivity contribution in [3.05, 3.63) is 52.9 Å². The highest BCUT2D eigenvalue weighted by Crippen LogP contribution is 2.44. The lowest BCUT2D eigenvalue weighted by Gasteiger charge is -2.30. The lowest BCUT2D eigenvalue weighted by atomic mass is 9.88. The molecule has 3 heterocycles. The summed E-state index contributed by atoms with van der Waals surface area (Å²) in [5.41, 5.74) is 2.81. The molecule has 0 aliphatic carbocycles. The molecule has 1 aliphatic rings. The van der Waals surface area contributed by atoms with E-state index in [2.05, 4.69) is 9.97 Å². The van der Waals surface area contributed by atoms with E-state index in [-0.39, 0.29) is 16.4 Å². The second-order valence-electron chi connectivity index (χ2n) is 7.55. The van der Waals surface area contributed by atoms with Gasteiger partial charge in [-0.25, -0.2) is 9.97 Å². The Morgan fingerprint density at radius 1 is 1.29 bits per heavy atom. The van der Waals surface area contributed by atoms with Gasteiger partial charge in [-0.15, -0.1) is 0 Å². The largest absolute Gasteiger partial charge is 0.416 e. The predicted octanol–water partition coefficient (Wildman–Crippen LogP) is 2.43. The highest BCUT2D eigenvalue weighted by molar-refractivity contribution is 6.30. The second-order valence-corrected chi connectivity index (χ2v) is 7.99. The molecule has 0 spiro atoms. The highest BCUT2D eigenvalue weighted by atomic mass is 35.5. The van der Waals surface area contributed by atoms with Gasteiger partial charge >= 0.3 is 6.18 Å². The van der Waals surface area contributed by atoms with Crippen molar-refractivity contribution >= 4 is 28.5 Å². The van der Waals surface area contributed by atoms with E-state index in [1.807, 2.05) is 0 Å². The van der Waals surface area contributed by atoms with Crippen LogP contribution in [0.2, 0.25) is 5.02 Å². The Hall–Kier alpha value is -2.44. The Morgan fingerprint density at radius 3 is 2.68 bits per heavy atom. The SMILES string of the molecule is C[C@@]1(O)[C@@H]([C@@H](O)c2cc(Cl)cc(C(F)(F)F)c2)O[C@@H](n2ccc3c(N)ncnc32)[C@@H]1O. The highest BCUT2D eigenvalue weighted by Gasteiger charge is 2.56. The molecule has 1 saturated heterocycles. The zero-order valence-electron chi connectivity index (χ0n) is 16.0. The molecule has 0 saturated carbocycles. The van der Waals surface area contributed by atoms with Crippen molar-refractivity contribution in [3.63, 3.8) is 0 Å². The minimum absolute atomic E-state index is 0.193. The number of nitrogens with zero attached hydrogens (tertiary/aromatic N) is 3. The number of anilines is 1. The van der Waals surface area contributed by atoms with Gasteiger partial charge in [-0.3, -0.25) is 0 Å². The molecule has 1 fully saturated rings. The summed E-state index contributed by atoms with van der Waals surface area (Å²) >= 11 is 5.80. The minimum Gasteiger partial charge on any atom is -0.386 e. The van der Waals surface area contributed by atoms with Gasteiger partial charge in [0.2, 0.25) is 0 Å². The summed E-state index contributed by atoms with van der Waals surface area (Å²) in [6.45, 7) is 1.22. The molecule has 166 valence electrons. The summed E-state index contributed by atoms with van der Waals surface area (Å²) < 4.78 is 46.6. The number of aliphatic hydroxyl groups is 3. The van der Waals surface area contributed by atoms with E-state index in [0.29, 0.717) is 17.1 Å². The van der Waals surface area contributed by atoms with Gasteiger partial charge in [0.1, 0.15) is 41.7 Å². The molecule has 31 heavy (non-hydrogen) atoms. The van der Waals surface area contributed by atoms with Crippen LogP contribution in [0, 0.1) is 0 Å². The van der Waals surface area contributed by atoms with Crippen molar-refractivity contribution in [2.24, 2.45) is 0 Å². The smallest absolute Gasteiger partial charge is 0.386 e. The first-order chi connectivity index (χ1) is 14.4. The van der Waals surface area contributed by atoms with Crippen LogP contribution in [0.4, 0.5) is 19.0 Å². The number of hydrogen-bond donors (Lipinski definition) is 4. The normalized spacial score (nSPS) is 27.7. The first kappa shape index (κ1) is 21.8. The van der Waals surface area contributed by atoms with Gasteiger partial charge in [0.15, 0.2) is 6.23 Å². The predicted molar refractivity (Wildman–Crippen MR) is 104 cm³/mol. The number of benzene rings is 1. The fourth-order valence-electron chi connectivity index (χ4n) is 3.75. The molecule has 5 N–H and O–H groups in total. The van der Waals surface area contributed by atoms with Crippen LogP contribution >= 0.6 is 11.6 Å². The van der Waals surface area contributed by atoms with Crippen LogP contribution in [-0.2, 0) is 10.9 Å². The summed E-state index contributed by atoms with van der Waals surface area (Å²) in [6, 6.07) is 4.17. The van der Waals surface area contributed by atoms with Gasteiger partial charge in [-0.1, -0.05) is 11.6 Å². The van der Waals surface area contributed by atoms with Crippen molar-refractivity contribution in [1.82, 2.24) is 14.5 Å². The third kappa shape index (κ3) is 3.62. The van der Waals surface area contributed by atoms with Crippen molar-refractivity contribution in [1.29, 1.82) is 0 Å². The van der Waals surface area contributed by atoms with E-state index in [9.17, 15) is 28.5 Å². The summed E-state index contributed by atoms with van der Waals surface area (Å²) in [6.07, 6.45) is -7.94. The molecule has 3 aromatic rings. The average molecular weight is 459 g/mol. The van der Waals surface area contributed by atoms with E-state index in [4.69, 9.17) is 22.1 Å². The molecule has 2 aromatic heterocycles. The van der Waals surface area contributed by atoms with E-state index in [1.54, 1.807) is 6.07 Å². The number of hydrogen-bond acceptors (Lipinski definition) is 7. The number of halogens is 4. The van der Waals surface area contributed by atoms with Crippen LogP contribution in [0.15, 0.2) is 36.8 Å². The number of alkyl halides is 3. The topological polar surface area (TPSA) is 127 Å². The second kappa shape index (κ2) is 7.31. The molecule has 0 bridgehead atoms. The third-order valence-electron chi connectivity index (χ3n) is 5.42. The van der Waals surface area contributed by atoms with Crippen molar-refractivity contribution in [2.45, 2.75) is 43.2 Å². The zero-order chi connectivity index (χ0) is 22.7. The zero-order valence-corrected chi connectivity index (χ0v) is 16.7. The Kier molecular flexibility index (Phi) is 5.14. The number of nitrogens with two attached hydrogens (primary N) is 1. The van der Waals surface area contributed by atoms with Gasteiger partial charge < -0.3 is 30.4 Å². The molecule has 12 heteroatoms. The Bertz CT molecular complexity index is 1140. The van der Waals surface area contributed by atoms with E-state index < -0.39 is 41.9 Å². The van der Waals surface area contributed by atoms with E-state index >= 15 is 0 Å². The third-order valence-corrected chi connectivity index (χ3v) is 5.64. The molecule has 1 aliphatic heterocycles. The summed E-state index contributed by atoms with van der Waals surface area (Å²) in [5.74, 6) is 0.193. The fourth-order valence-corrected chi connectivity index (χ4v) is 3.99. The molecule has 5 atom stereocenters. The van der Waals surface area contributed by atoms with Crippen LogP contribution in [0.3, 0.4) is 0 Å². The minimum atomic E-state index is -4.69. The Morgan fingerprint density at radius 2 is 2.00 bits per heavy atom. The summed E-state index contributed by atoms with van der Waals surface area (Å²) in [5, 5.41) is 32.6. The van der Waals surface area contributed by atoms with Gasteiger partial charge in [0.05, 0.1) is 10.9 Å². The van der Waals surface area contributed by atoms with E-state index in [0.717, 1.165) is 12.1 Å². The maximum atomic E-state index is 13.1. The van der Waals surface area contributed by atoms with E-state index in [1.165, 1.54) is 24.0 Å². The van der Waals surface area contributed by atoms with Crippen LogP contribution in [-0.4, -0.2) is 47.7 Å². The lowest BCUT2D eigenvalue weighted by molar-refractivity contribution is -0.138. The summed E-state index contributed by atoms with van der Waals surface area (Å²) in [4.78, 5) is 7.97. The first-order valence-electron chi connectivity index (χ1n) is 9.10. The quantitative estimate of drug-likeness (QED) is 0.474. The van der Waals surface area contributed by atoms with Gasteiger partial charge in [0.25, 0.3) is 0 Å². The average Bonchev–Trinajstić information content (AvgIpc) is 3.20. The van der Waals surface area contributed by atoms with Crippen LogP contribution in [0.25, 0.3) is 11.0 Å². The molecule has 8 nitrogen and oxygen atoms in total. The number of fused-ring (bicyclic) bond motifs is 1.